The summed E-state index contributed by atoms with van der Waals surface area (Å²) in [5, 5.41) is 5.62. The van der Waals surface area contributed by atoms with E-state index in [1.54, 1.807) is 18.2 Å². The quantitative estimate of drug-likeness (QED) is 0.527. The summed E-state index contributed by atoms with van der Waals surface area (Å²) in [6.45, 7) is 2.37. The zero-order chi connectivity index (χ0) is 16.9. The zero-order valence-corrected chi connectivity index (χ0v) is 13.6. The molecular weight excluding hydrogens is 300 g/mol. The molecule has 3 aromatic rings. The Kier molecular flexibility index (Phi) is 4.66. The molecule has 122 valence electrons. The van der Waals surface area contributed by atoms with Crippen molar-refractivity contribution < 1.29 is 9.53 Å². The zero-order valence-electron chi connectivity index (χ0n) is 13.6. The lowest BCUT2D eigenvalue weighted by atomic mass is 10.1. The second-order valence-electron chi connectivity index (χ2n) is 5.59. The summed E-state index contributed by atoms with van der Waals surface area (Å²) in [6.07, 6.45) is 0.794. The van der Waals surface area contributed by atoms with Crippen LogP contribution in [0.2, 0.25) is 0 Å². The molecule has 4 heteroatoms. The Morgan fingerprint density at radius 2 is 1.83 bits per heavy atom. The van der Waals surface area contributed by atoms with Crippen molar-refractivity contribution in [1.29, 1.82) is 0 Å². The number of anilines is 3. The summed E-state index contributed by atoms with van der Waals surface area (Å²) in [7, 11) is 0. The molecule has 0 aromatic heterocycles. The van der Waals surface area contributed by atoms with Gasteiger partial charge in [0.1, 0.15) is 0 Å². The van der Waals surface area contributed by atoms with Crippen LogP contribution < -0.4 is 11.1 Å². The van der Waals surface area contributed by atoms with Gasteiger partial charge in [-0.15, -0.1) is 0 Å². The monoisotopic (exact) mass is 320 g/mol. The van der Waals surface area contributed by atoms with Gasteiger partial charge in [-0.2, -0.15) is 0 Å². The highest BCUT2D eigenvalue weighted by atomic mass is 16.5. The van der Waals surface area contributed by atoms with Gasteiger partial charge in [0, 0.05) is 11.1 Å². The number of ether oxygens (including phenoxy) is 1. The van der Waals surface area contributed by atoms with Crippen molar-refractivity contribution in [2.45, 2.75) is 13.3 Å². The van der Waals surface area contributed by atoms with Gasteiger partial charge in [-0.25, -0.2) is 4.79 Å². The molecular formula is C20H20N2O2. The first-order valence-electron chi connectivity index (χ1n) is 8.00. The fourth-order valence-electron chi connectivity index (χ4n) is 2.56. The minimum atomic E-state index is -0.347. The first-order valence-corrected chi connectivity index (χ1v) is 8.00. The summed E-state index contributed by atoms with van der Waals surface area (Å²) in [6, 6.07) is 19.4. The topological polar surface area (TPSA) is 64.3 Å². The predicted molar refractivity (Wildman–Crippen MR) is 98.7 cm³/mol. The van der Waals surface area contributed by atoms with Crippen LogP contribution in [-0.2, 0) is 4.74 Å². The Morgan fingerprint density at radius 1 is 1.04 bits per heavy atom. The van der Waals surface area contributed by atoms with E-state index in [1.807, 2.05) is 31.2 Å². The van der Waals surface area contributed by atoms with Crippen molar-refractivity contribution in [1.82, 2.24) is 0 Å². The second kappa shape index (κ2) is 7.04. The van der Waals surface area contributed by atoms with Gasteiger partial charge in [0.25, 0.3) is 0 Å². The molecule has 3 N–H and O–H groups in total. The number of nitrogens with one attached hydrogen (secondary N) is 1. The number of hydrogen-bond donors (Lipinski definition) is 2. The summed E-state index contributed by atoms with van der Waals surface area (Å²) in [4.78, 5) is 11.9. The Hall–Kier alpha value is -3.01. The van der Waals surface area contributed by atoms with Crippen LogP contribution in [0, 0.1) is 0 Å². The van der Waals surface area contributed by atoms with E-state index in [0.29, 0.717) is 17.9 Å². The number of nitrogen functional groups attached to an aromatic ring is 1. The van der Waals surface area contributed by atoms with Crippen molar-refractivity contribution in [2.75, 3.05) is 17.7 Å². The van der Waals surface area contributed by atoms with Crippen LogP contribution >= 0.6 is 0 Å². The van der Waals surface area contributed by atoms with Crippen LogP contribution in [0.4, 0.5) is 17.1 Å². The van der Waals surface area contributed by atoms with Gasteiger partial charge >= 0.3 is 5.97 Å². The molecule has 0 heterocycles. The van der Waals surface area contributed by atoms with Gasteiger partial charge in [-0.3, -0.25) is 0 Å². The van der Waals surface area contributed by atoms with Crippen LogP contribution in [0.5, 0.6) is 0 Å². The van der Waals surface area contributed by atoms with Crippen LogP contribution in [0.25, 0.3) is 10.8 Å². The minimum absolute atomic E-state index is 0.347. The van der Waals surface area contributed by atoms with E-state index in [-0.39, 0.29) is 5.97 Å². The van der Waals surface area contributed by atoms with Crippen molar-refractivity contribution >= 4 is 33.8 Å². The van der Waals surface area contributed by atoms with Crippen molar-refractivity contribution in [3.05, 3.63) is 66.2 Å². The molecule has 0 unspecified atom stereocenters. The third-order valence-corrected chi connectivity index (χ3v) is 3.78. The largest absolute Gasteiger partial charge is 0.462 e. The maximum absolute atomic E-state index is 11.9. The highest BCUT2D eigenvalue weighted by Crippen LogP contribution is 2.29. The number of carbonyl (C=O) groups excluding carboxylic acids is 1. The molecule has 24 heavy (non-hydrogen) atoms. The minimum Gasteiger partial charge on any atom is -0.462 e. The predicted octanol–water partition coefficient (Wildman–Crippen LogP) is 4.73. The molecule has 4 nitrogen and oxygen atoms in total. The second-order valence-corrected chi connectivity index (χ2v) is 5.59. The average molecular weight is 320 g/mol. The first kappa shape index (κ1) is 15.9. The number of esters is 1. The number of nitrogens with two attached hydrogens (primary N) is 1. The Bertz CT molecular complexity index is 869. The van der Waals surface area contributed by atoms with Crippen LogP contribution in [0.1, 0.15) is 23.7 Å². The Balaban J connectivity index is 1.86. The maximum Gasteiger partial charge on any atom is 0.338 e. The highest BCUT2D eigenvalue weighted by molar-refractivity contribution is 5.97. The normalized spacial score (nSPS) is 10.5. The van der Waals surface area contributed by atoms with E-state index >= 15 is 0 Å². The molecule has 0 aliphatic rings. The maximum atomic E-state index is 11.9. The molecule has 0 aliphatic carbocycles. The molecule has 0 amide bonds. The van der Waals surface area contributed by atoms with Gasteiger partial charge in [-0.05, 0) is 36.1 Å². The molecule has 0 radical (unpaired) electrons. The molecule has 0 fully saturated rings. The lowest BCUT2D eigenvalue weighted by Crippen LogP contribution is -2.07. The van der Waals surface area contributed by atoms with Crippen LogP contribution in [-0.4, -0.2) is 12.6 Å². The number of carbonyl (C=O) groups is 1. The molecule has 0 saturated carbocycles. The fourth-order valence-corrected chi connectivity index (χ4v) is 2.56. The molecule has 0 bridgehead atoms. The van der Waals surface area contributed by atoms with Crippen molar-refractivity contribution in [3.8, 4) is 0 Å². The van der Waals surface area contributed by atoms with E-state index in [9.17, 15) is 4.79 Å². The lowest BCUT2D eigenvalue weighted by molar-refractivity contribution is 0.0505. The fraction of sp³-hybridized carbons (Fsp3) is 0.150. The summed E-state index contributed by atoms with van der Waals surface area (Å²) >= 11 is 0. The van der Waals surface area contributed by atoms with E-state index in [4.69, 9.17) is 10.5 Å². The van der Waals surface area contributed by atoms with Gasteiger partial charge in [0.15, 0.2) is 0 Å². The first-order chi connectivity index (χ1) is 11.7. The van der Waals surface area contributed by atoms with Gasteiger partial charge in [0.2, 0.25) is 0 Å². The molecule has 0 saturated heterocycles. The standard InChI is InChI=1S/C20H20N2O2/c1-2-12-24-20(23)15-10-11-19(17(21)13-15)22-18-9-5-7-14-6-3-4-8-16(14)18/h3-11,13,22H,2,12,21H2,1H3. The lowest BCUT2D eigenvalue weighted by Gasteiger charge is -2.13. The van der Waals surface area contributed by atoms with Gasteiger partial charge in [-0.1, -0.05) is 43.3 Å². The van der Waals surface area contributed by atoms with E-state index < -0.39 is 0 Å². The van der Waals surface area contributed by atoms with Gasteiger partial charge < -0.3 is 15.8 Å². The average Bonchev–Trinajstić information content (AvgIpc) is 2.61. The van der Waals surface area contributed by atoms with Gasteiger partial charge in [0.05, 0.1) is 23.5 Å². The third kappa shape index (κ3) is 3.33. The van der Waals surface area contributed by atoms with Crippen LogP contribution in [0.15, 0.2) is 60.7 Å². The molecule has 0 aliphatic heterocycles. The Labute approximate surface area is 141 Å². The highest BCUT2D eigenvalue weighted by Gasteiger charge is 2.10. The molecule has 3 rings (SSSR count). The van der Waals surface area contributed by atoms with E-state index in [1.165, 1.54) is 0 Å². The SMILES string of the molecule is CCCOC(=O)c1ccc(Nc2cccc3ccccc23)c(N)c1. The third-order valence-electron chi connectivity index (χ3n) is 3.78. The molecule has 0 atom stereocenters. The van der Waals surface area contributed by atoms with Crippen molar-refractivity contribution in [2.24, 2.45) is 0 Å². The number of benzene rings is 3. The van der Waals surface area contributed by atoms with Crippen molar-refractivity contribution in [3.63, 3.8) is 0 Å². The summed E-state index contributed by atoms with van der Waals surface area (Å²) in [5.74, 6) is -0.347. The number of rotatable bonds is 5. The van der Waals surface area contributed by atoms with E-state index in [2.05, 4.69) is 23.5 Å². The summed E-state index contributed by atoms with van der Waals surface area (Å²) in [5.41, 5.74) is 8.82. The summed E-state index contributed by atoms with van der Waals surface area (Å²) < 4.78 is 5.13. The van der Waals surface area contributed by atoms with Crippen LogP contribution in [0.3, 0.4) is 0 Å². The molecule has 3 aromatic carbocycles. The Morgan fingerprint density at radius 3 is 2.62 bits per heavy atom. The molecule has 0 spiro atoms. The number of hydrogen-bond acceptors (Lipinski definition) is 4. The smallest absolute Gasteiger partial charge is 0.338 e. The van der Waals surface area contributed by atoms with E-state index in [0.717, 1.165) is 28.6 Å². The number of fused-ring (bicyclic) bond motifs is 1.